The summed E-state index contributed by atoms with van der Waals surface area (Å²) in [6, 6.07) is 5.73. The third-order valence-electron chi connectivity index (χ3n) is 3.32. The van der Waals surface area contributed by atoms with Gasteiger partial charge in [0.15, 0.2) is 5.11 Å². The van der Waals surface area contributed by atoms with Crippen LogP contribution >= 0.6 is 12.2 Å². The molecule has 0 amide bonds. The second-order valence-corrected chi connectivity index (χ2v) is 5.30. The number of hydrogen-bond donors (Lipinski definition) is 3. The van der Waals surface area contributed by atoms with Crippen molar-refractivity contribution in [3.05, 3.63) is 30.1 Å². The summed E-state index contributed by atoms with van der Waals surface area (Å²) in [5.74, 6) is 0. The third kappa shape index (κ3) is 5.74. The van der Waals surface area contributed by atoms with Crippen LogP contribution in [-0.2, 0) is 4.74 Å². The van der Waals surface area contributed by atoms with E-state index in [2.05, 4.69) is 20.8 Å². The van der Waals surface area contributed by atoms with Gasteiger partial charge in [-0.1, -0.05) is 6.07 Å². The Labute approximate surface area is 130 Å². The van der Waals surface area contributed by atoms with Crippen LogP contribution in [0.25, 0.3) is 0 Å². The molecule has 114 valence electrons. The van der Waals surface area contributed by atoms with E-state index in [4.69, 9.17) is 17.0 Å². The van der Waals surface area contributed by atoms with Gasteiger partial charge in [0.25, 0.3) is 0 Å². The molecule has 0 aromatic carbocycles. The average Bonchev–Trinajstić information content (AvgIpc) is 2.54. The monoisotopic (exact) mass is 308 g/mol. The number of thiocarbonyl (C=S) groups is 1. The Kier molecular flexibility index (Phi) is 6.52. The molecule has 1 aromatic heterocycles. The molecular weight excluding hydrogens is 286 g/mol. The number of pyridine rings is 1. The first-order valence-corrected chi connectivity index (χ1v) is 7.57. The number of hydrazone groups is 1. The van der Waals surface area contributed by atoms with E-state index in [9.17, 15) is 0 Å². The van der Waals surface area contributed by atoms with Gasteiger partial charge in [0.1, 0.15) is 13.1 Å². The molecular formula is C14H22N5OS+. The fourth-order valence-corrected chi connectivity index (χ4v) is 2.22. The standard InChI is InChI=1S/C14H21N5OS/c1-12(13-4-2-3-5-15-13)17-18-14(21)16-6-7-19-8-10-20-11-9-19/h2-5H,6-11H2,1H3,(H2,16,18,21)/p+1/b17-12-. The molecule has 1 aliphatic rings. The molecule has 2 heterocycles. The largest absolute Gasteiger partial charge is 0.370 e. The van der Waals surface area contributed by atoms with Gasteiger partial charge in [0.2, 0.25) is 0 Å². The molecule has 2 rings (SSSR count). The van der Waals surface area contributed by atoms with Gasteiger partial charge in [0, 0.05) is 6.20 Å². The summed E-state index contributed by atoms with van der Waals surface area (Å²) in [6.45, 7) is 7.61. The summed E-state index contributed by atoms with van der Waals surface area (Å²) in [4.78, 5) is 5.78. The van der Waals surface area contributed by atoms with Crippen molar-refractivity contribution in [3.8, 4) is 0 Å². The fraction of sp³-hybridized carbons (Fsp3) is 0.500. The summed E-state index contributed by atoms with van der Waals surface area (Å²) >= 11 is 5.21. The van der Waals surface area contributed by atoms with E-state index in [0.717, 1.165) is 50.8 Å². The van der Waals surface area contributed by atoms with Crippen LogP contribution < -0.4 is 15.6 Å². The number of nitrogens with one attached hydrogen (secondary N) is 3. The Morgan fingerprint density at radius 2 is 2.24 bits per heavy atom. The highest BCUT2D eigenvalue weighted by Gasteiger charge is 2.12. The van der Waals surface area contributed by atoms with E-state index in [1.807, 2.05) is 25.1 Å². The minimum atomic E-state index is 0.540. The minimum absolute atomic E-state index is 0.540. The van der Waals surface area contributed by atoms with Crippen LogP contribution in [0.1, 0.15) is 12.6 Å². The molecule has 0 unspecified atom stereocenters. The maximum absolute atomic E-state index is 5.33. The van der Waals surface area contributed by atoms with Crippen LogP contribution in [0.15, 0.2) is 29.5 Å². The van der Waals surface area contributed by atoms with Crippen LogP contribution in [0.5, 0.6) is 0 Å². The topological polar surface area (TPSA) is 63.0 Å². The summed E-state index contributed by atoms with van der Waals surface area (Å²) < 4.78 is 5.33. The smallest absolute Gasteiger partial charge is 0.187 e. The van der Waals surface area contributed by atoms with Crippen LogP contribution in [-0.4, -0.2) is 55.2 Å². The molecule has 0 spiro atoms. The number of hydrogen-bond acceptors (Lipinski definition) is 4. The lowest BCUT2D eigenvalue weighted by Crippen LogP contribution is -3.14. The van der Waals surface area contributed by atoms with E-state index in [-0.39, 0.29) is 0 Å². The number of nitrogens with zero attached hydrogens (tertiary/aromatic N) is 2. The molecule has 21 heavy (non-hydrogen) atoms. The molecule has 3 N–H and O–H groups in total. The number of quaternary nitrogens is 1. The highest BCUT2D eigenvalue weighted by Crippen LogP contribution is 1.94. The quantitative estimate of drug-likeness (QED) is 0.377. The Bertz CT molecular complexity index is 474. The fourth-order valence-electron chi connectivity index (χ4n) is 2.07. The van der Waals surface area contributed by atoms with Crippen LogP contribution in [0.3, 0.4) is 0 Å². The maximum Gasteiger partial charge on any atom is 0.187 e. The first-order chi connectivity index (χ1) is 10.3. The molecule has 0 saturated carbocycles. The number of ether oxygens (including phenoxy) is 1. The Morgan fingerprint density at radius 1 is 1.43 bits per heavy atom. The zero-order valence-corrected chi connectivity index (χ0v) is 13.1. The van der Waals surface area contributed by atoms with Crippen molar-refractivity contribution in [2.75, 3.05) is 39.4 Å². The number of rotatable bonds is 5. The second kappa shape index (κ2) is 8.66. The van der Waals surface area contributed by atoms with Gasteiger partial charge in [-0.2, -0.15) is 5.10 Å². The first kappa shape index (κ1) is 15.8. The molecule has 1 saturated heterocycles. The number of aromatic nitrogens is 1. The normalized spacial score (nSPS) is 16.5. The molecule has 0 radical (unpaired) electrons. The molecule has 0 atom stereocenters. The number of morpholine rings is 1. The first-order valence-electron chi connectivity index (χ1n) is 7.16. The van der Waals surface area contributed by atoms with Crippen LogP contribution in [0.4, 0.5) is 0 Å². The van der Waals surface area contributed by atoms with E-state index < -0.39 is 0 Å². The lowest BCUT2D eigenvalue weighted by atomic mass is 10.3. The Balaban J connectivity index is 1.67. The van der Waals surface area contributed by atoms with Crippen molar-refractivity contribution >= 4 is 23.0 Å². The Morgan fingerprint density at radius 3 is 2.95 bits per heavy atom. The third-order valence-corrected chi connectivity index (χ3v) is 3.56. The van der Waals surface area contributed by atoms with E-state index in [0.29, 0.717) is 5.11 Å². The van der Waals surface area contributed by atoms with E-state index >= 15 is 0 Å². The lowest BCUT2D eigenvalue weighted by Gasteiger charge is -2.23. The molecule has 1 fully saturated rings. The highest BCUT2D eigenvalue weighted by molar-refractivity contribution is 7.80. The van der Waals surface area contributed by atoms with Crippen molar-refractivity contribution < 1.29 is 9.64 Å². The van der Waals surface area contributed by atoms with Gasteiger partial charge >= 0.3 is 0 Å². The van der Waals surface area contributed by atoms with Crippen molar-refractivity contribution in [2.45, 2.75) is 6.92 Å². The average molecular weight is 308 g/mol. The molecule has 0 bridgehead atoms. The molecule has 1 aromatic rings. The molecule has 0 aliphatic carbocycles. The zero-order chi connectivity index (χ0) is 14.9. The lowest BCUT2D eigenvalue weighted by molar-refractivity contribution is -0.906. The predicted octanol–water partition coefficient (Wildman–Crippen LogP) is -0.815. The van der Waals surface area contributed by atoms with Crippen molar-refractivity contribution in [2.24, 2.45) is 5.10 Å². The van der Waals surface area contributed by atoms with Gasteiger partial charge in [-0.3, -0.25) is 10.4 Å². The van der Waals surface area contributed by atoms with Gasteiger partial charge in [-0.15, -0.1) is 0 Å². The van der Waals surface area contributed by atoms with E-state index in [1.54, 1.807) is 11.1 Å². The van der Waals surface area contributed by atoms with Gasteiger partial charge in [0.05, 0.1) is 37.7 Å². The molecule has 6 nitrogen and oxygen atoms in total. The second-order valence-electron chi connectivity index (χ2n) is 4.89. The van der Waals surface area contributed by atoms with Crippen molar-refractivity contribution in [3.63, 3.8) is 0 Å². The SMILES string of the molecule is C/C(=N/NC(=S)NCC[NH+]1CCOCC1)c1ccccn1. The van der Waals surface area contributed by atoms with Gasteiger partial charge < -0.3 is 15.0 Å². The predicted molar refractivity (Wildman–Crippen MR) is 86.6 cm³/mol. The maximum atomic E-state index is 5.33. The molecule has 7 heteroatoms. The van der Waals surface area contributed by atoms with Crippen molar-refractivity contribution in [1.29, 1.82) is 0 Å². The van der Waals surface area contributed by atoms with Crippen LogP contribution in [0, 0.1) is 0 Å². The van der Waals surface area contributed by atoms with E-state index in [1.165, 1.54) is 0 Å². The van der Waals surface area contributed by atoms with Gasteiger partial charge in [-0.25, -0.2) is 0 Å². The van der Waals surface area contributed by atoms with Gasteiger partial charge in [-0.05, 0) is 31.3 Å². The summed E-state index contributed by atoms with van der Waals surface area (Å²) in [5, 5.41) is 7.94. The zero-order valence-electron chi connectivity index (χ0n) is 12.3. The van der Waals surface area contributed by atoms with Crippen LogP contribution in [0.2, 0.25) is 0 Å². The summed E-state index contributed by atoms with van der Waals surface area (Å²) in [6.07, 6.45) is 1.75. The Hall–Kier alpha value is -1.57. The summed E-state index contributed by atoms with van der Waals surface area (Å²) in [5.41, 5.74) is 4.50. The minimum Gasteiger partial charge on any atom is -0.370 e. The molecule has 1 aliphatic heterocycles. The highest BCUT2D eigenvalue weighted by atomic mass is 32.1. The van der Waals surface area contributed by atoms with Crippen molar-refractivity contribution in [1.82, 2.24) is 15.7 Å². The summed E-state index contributed by atoms with van der Waals surface area (Å²) in [7, 11) is 0.